The second kappa shape index (κ2) is 6.51. The first-order valence-electron chi connectivity index (χ1n) is 5.25. The van der Waals surface area contributed by atoms with E-state index < -0.39 is 5.97 Å². The summed E-state index contributed by atoms with van der Waals surface area (Å²) >= 11 is 5.77. The molecule has 88 valence electrons. The molecule has 1 atom stereocenters. The van der Waals surface area contributed by atoms with Crippen LogP contribution in [-0.2, 0) is 11.3 Å². The molecule has 1 aromatic rings. The Balaban J connectivity index is 2.25. The Bertz CT molecular complexity index is 337. The summed E-state index contributed by atoms with van der Waals surface area (Å²) in [5.74, 6) is -0.606. The third kappa shape index (κ3) is 5.14. The van der Waals surface area contributed by atoms with Crippen LogP contribution in [-0.4, -0.2) is 17.6 Å². The first kappa shape index (κ1) is 13.0. The lowest BCUT2D eigenvalue weighted by Crippen LogP contribution is -2.22. The maximum absolute atomic E-state index is 10.4. The fourth-order valence-corrected chi connectivity index (χ4v) is 1.56. The minimum absolute atomic E-state index is 0.143. The van der Waals surface area contributed by atoms with Gasteiger partial charge in [0.2, 0.25) is 0 Å². The minimum Gasteiger partial charge on any atom is -0.481 e. The van der Waals surface area contributed by atoms with Gasteiger partial charge in [-0.2, -0.15) is 0 Å². The largest absolute Gasteiger partial charge is 0.481 e. The number of nitrogens with one attached hydrogen (secondary N) is 1. The van der Waals surface area contributed by atoms with Gasteiger partial charge in [-0.1, -0.05) is 30.7 Å². The van der Waals surface area contributed by atoms with Gasteiger partial charge in [0.25, 0.3) is 0 Å². The molecule has 1 unspecified atom stereocenters. The zero-order chi connectivity index (χ0) is 12.0. The zero-order valence-electron chi connectivity index (χ0n) is 9.24. The van der Waals surface area contributed by atoms with E-state index in [0.29, 0.717) is 6.54 Å². The number of hydrogen-bond acceptors (Lipinski definition) is 2. The summed E-state index contributed by atoms with van der Waals surface area (Å²) < 4.78 is 0. The van der Waals surface area contributed by atoms with Crippen LogP contribution in [0.2, 0.25) is 5.02 Å². The van der Waals surface area contributed by atoms with Crippen molar-refractivity contribution >= 4 is 17.6 Å². The molecule has 0 heterocycles. The summed E-state index contributed by atoms with van der Waals surface area (Å²) in [6.07, 6.45) is 0.202. The summed E-state index contributed by atoms with van der Waals surface area (Å²) in [7, 11) is 0. The maximum atomic E-state index is 10.4. The van der Waals surface area contributed by atoms with Crippen molar-refractivity contribution in [1.82, 2.24) is 5.32 Å². The number of halogens is 1. The van der Waals surface area contributed by atoms with Crippen molar-refractivity contribution in [1.29, 1.82) is 0 Å². The molecule has 1 aromatic carbocycles. The Morgan fingerprint density at radius 1 is 1.44 bits per heavy atom. The van der Waals surface area contributed by atoms with Gasteiger partial charge in [0, 0.05) is 18.0 Å². The quantitative estimate of drug-likeness (QED) is 0.805. The molecule has 0 aliphatic heterocycles. The SMILES string of the molecule is CC(CNCc1ccc(Cl)cc1)CC(=O)O. The van der Waals surface area contributed by atoms with Crippen molar-refractivity contribution in [2.45, 2.75) is 19.9 Å². The molecular formula is C12H16ClNO2. The van der Waals surface area contributed by atoms with Crippen LogP contribution < -0.4 is 5.32 Å². The lowest BCUT2D eigenvalue weighted by molar-refractivity contribution is -0.137. The summed E-state index contributed by atoms with van der Waals surface area (Å²) in [5, 5.41) is 12.5. The fraction of sp³-hybridized carbons (Fsp3) is 0.417. The number of benzene rings is 1. The van der Waals surface area contributed by atoms with Crippen molar-refractivity contribution in [3.8, 4) is 0 Å². The van der Waals surface area contributed by atoms with Gasteiger partial charge in [-0.25, -0.2) is 0 Å². The highest BCUT2D eigenvalue weighted by atomic mass is 35.5. The number of carbonyl (C=O) groups is 1. The van der Waals surface area contributed by atoms with Crippen LogP contribution in [0.4, 0.5) is 0 Å². The molecule has 0 aliphatic rings. The molecule has 0 amide bonds. The van der Waals surface area contributed by atoms with Gasteiger partial charge in [0.15, 0.2) is 0 Å². The number of aliphatic carboxylic acids is 1. The smallest absolute Gasteiger partial charge is 0.303 e. The van der Waals surface area contributed by atoms with Gasteiger partial charge < -0.3 is 10.4 Å². The predicted molar refractivity (Wildman–Crippen MR) is 64.6 cm³/mol. The van der Waals surface area contributed by atoms with Gasteiger partial charge in [-0.05, 0) is 30.2 Å². The van der Waals surface area contributed by atoms with Crippen molar-refractivity contribution in [2.24, 2.45) is 5.92 Å². The van der Waals surface area contributed by atoms with Crippen LogP contribution in [0, 0.1) is 5.92 Å². The van der Waals surface area contributed by atoms with Gasteiger partial charge >= 0.3 is 5.97 Å². The van der Waals surface area contributed by atoms with Crippen LogP contribution in [0.1, 0.15) is 18.9 Å². The minimum atomic E-state index is -0.749. The molecule has 3 nitrogen and oxygen atoms in total. The Labute approximate surface area is 100 Å². The first-order valence-corrected chi connectivity index (χ1v) is 5.62. The van der Waals surface area contributed by atoms with Crippen molar-refractivity contribution in [2.75, 3.05) is 6.54 Å². The molecule has 0 bridgehead atoms. The molecule has 0 saturated heterocycles. The zero-order valence-corrected chi connectivity index (χ0v) is 10.00. The highest BCUT2D eigenvalue weighted by molar-refractivity contribution is 6.30. The maximum Gasteiger partial charge on any atom is 0.303 e. The monoisotopic (exact) mass is 241 g/mol. The fourth-order valence-electron chi connectivity index (χ4n) is 1.44. The van der Waals surface area contributed by atoms with E-state index in [-0.39, 0.29) is 12.3 Å². The van der Waals surface area contributed by atoms with E-state index in [0.717, 1.165) is 17.1 Å². The molecule has 0 aromatic heterocycles. The standard InChI is InChI=1S/C12H16ClNO2/c1-9(6-12(15)16)7-14-8-10-2-4-11(13)5-3-10/h2-5,9,14H,6-8H2,1H3,(H,15,16). The van der Waals surface area contributed by atoms with Crippen LogP contribution in [0.5, 0.6) is 0 Å². The Kier molecular flexibility index (Phi) is 5.29. The molecule has 2 N–H and O–H groups in total. The molecule has 0 radical (unpaired) electrons. The van der Waals surface area contributed by atoms with Crippen molar-refractivity contribution < 1.29 is 9.90 Å². The average molecular weight is 242 g/mol. The molecule has 1 rings (SSSR count). The van der Waals surface area contributed by atoms with Gasteiger partial charge in [0.05, 0.1) is 0 Å². The third-order valence-corrected chi connectivity index (χ3v) is 2.51. The van der Waals surface area contributed by atoms with Gasteiger partial charge in [0.1, 0.15) is 0 Å². The molecular weight excluding hydrogens is 226 g/mol. The Morgan fingerprint density at radius 2 is 2.06 bits per heavy atom. The van der Waals surface area contributed by atoms with Crippen molar-refractivity contribution in [3.05, 3.63) is 34.9 Å². The number of carboxylic acid groups (broad SMARTS) is 1. The van der Waals surface area contributed by atoms with Crippen LogP contribution in [0.15, 0.2) is 24.3 Å². The summed E-state index contributed by atoms with van der Waals surface area (Å²) in [4.78, 5) is 10.4. The van der Waals surface area contributed by atoms with E-state index in [1.165, 1.54) is 0 Å². The molecule has 0 saturated carbocycles. The third-order valence-electron chi connectivity index (χ3n) is 2.26. The Morgan fingerprint density at radius 3 is 2.62 bits per heavy atom. The van der Waals surface area contributed by atoms with Crippen LogP contribution in [0.3, 0.4) is 0 Å². The van der Waals surface area contributed by atoms with Gasteiger partial charge in [-0.3, -0.25) is 4.79 Å². The Hall–Kier alpha value is -1.06. The highest BCUT2D eigenvalue weighted by Gasteiger charge is 2.06. The topological polar surface area (TPSA) is 49.3 Å². The lowest BCUT2D eigenvalue weighted by atomic mass is 10.1. The first-order chi connectivity index (χ1) is 7.58. The lowest BCUT2D eigenvalue weighted by Gasteiger charge is -2.10. The van der Waals surface area contributed by atoms with E-state index >= 15 is 0 Å². The highest BCUT2D eigenvalue weighted by Crippen LogP contribution is 2.09. The molecule has 0 spiro atoms. The average Bonchev–Trinajstić information content (AvgIpc) is 2.20. The van der Waals surface area contributed by atoms with E-state index in [9.17, 15) is 4.79 Å². The van der Waals surface area contributed by atoms with E-state index in [1.54, 1.807) is 0 Å². The second-order valence-corrected chi connectivity index (χ2v) is 4.40. The number of rotatable bonds is 6. The normalized spacial score (nSPS) is 12.4. The van der Waals surface area contributed by atoms with Gasteiger partial charge in [-0.15, -0.1) is 0 Å². The second-order valence-electron chi connectivity index (χ2n) is 3.96. The number of hydrogen-bond donors (Lipinski definition) is 2. The van der Waals surface area contributed by atoms with Crippen molar-refractivity contribution in [3.63, 3.8) is 0 Å². The van der Waals surface area contributed by atoms with Crippen LogP contribution >= 0.6 is 11.6 Å². The molecule has 4 heteroatoms. The van der Waals surface area contributed by atoms with E-state index in [2.05, 4.69) is 5.32 Å². The summed E-state index contributed by atoms with van der Waals surface area (Å²) in [5.41, 5.74) is 1.15. The summed E-state index contributed by atoms with van der Waals surface area (Å²) in [6, 6.07) is 7.60. The molecule has 16 heavy (non-hydrogen) atoms. The molecule has 0 fully saturated rings. The van der Waals surface area contributed by atoms with E-state index in [4.69, 9.17) is 16.7 Å². The van der Waals surface area contributed by atoms with E-state index in [1.807, 2.05) is 31.2 Å². The number of carboxylic acids is 1. The predicted octanol–water partition coefficient (Wildman–Crippen LogP) is 2.54. The summed E-state index contributed by atoms with van der Waals surface area (Å²) in [6.45, 7) is 3.36. The molecule has 0 aliphatic carbocycles. The van der Waals surface area contributed by atoms with Crippen LogP contribution in [0.25, 0.3) is 0 Å².